The first-order valence-corrected chi connectivity index (χ1v) is 19.0. The molecule has 0 aliphatic carbocycles. The van der Waals surface area contributed by atoms with Gasteiger partial charge in [-0.15, -0.1) is 0 Å². The van der Waals surface area contributed by atoms with Crippen molar-refractivity contribution in [3.63, 3.8) is 0 Å². The minimum absolute atomic E-state index is 0.0344. The minimum Gasteiger partial charge on any atom is -0.507 e. The quantitative estimate of drug-likeness (QED) is 0.203. The number of halogens is 4. The normalized spacial score (nSPS) is 16.2. The molecule has 0 saturated carbocycles. The Labute approximate surface area is 301 Å². The van der Waals surface area contributed by atoms with Crippen LogP contribution < -0.4 is 5.32 Å². The van der Waals surface area contributed by atoms with Gasteiger partial charge in [-0.3, -0.25) is 15.0 Å². The number of ether oxygens (including phenoxy) is 1. The Kier molecular flexibility index (Phi) is 20.4. The Morgan fingerprint density at radius 3 is 2.14 bits per heavy atom. The topological polar surface area (TPSA) is 74.7 Å². The van der Waals surface area contributed by atoms with Crippen LogP contribution in [0, 0.1) is 5.92 Å². The predicted octanol–water partition coefficient (Wildman–Crippen LogP) is 12.2. The number of aromatic nitrogens is 1. The van der Waals surface area contributed by atoms with Crippen molar-refractivity contribution in [3.8, 4) is 5.75 Å². The van der Waals surface area contributed by atoms with E-state index in [1.807, 2.05) is 27.7 Å². The highest BCUT2D eigenvalue weighted by Crippen LogP contribution is 2.37. The molecule has 1 saturated heterocycles. The number of morpholine rings is 1. The van der Waals surface area contributed by atoms with Gasteiger partial charge in [0.2, 0.25) is 0 Å². The van der Waals surface area contributed by atoms with E-state index in [4.69, 9.17) is 16.3 Å². The van der Waals surface area contributed by atoms with Crippen molar-refractivity contribution in [3.05, 3.63) is 51.5 Å². The largest absolute Gasteiger partial charge is 0.507 e. The average molecular weight is 730 g/mol. The van der Waals surface area contributed by atoms with Crippen molar-refractivity contribution in [1.82, 2.24) is 9.88 Å². The van der Waals surface area contributed by atoms with E-state index >= 15 is 0 Å². The van der Waals surface area contributed by atoms with Crippen LogP contribution >= 0.6 is 22.9 Å². The molecule has 1 fully saturated rings. The van der Waals surface area contributed by atoms with Gasteiger partial charge >= 0.3 is 6.18 Å². The number of amides is 1. The van der Waals surface area contributed by atoms with E-state index in [1.165, 1.54) is 44.6 Å². The SMILES string of the molecule is CC.CCCC.CCCCCC(C)C.CCc1cc(C(F)(F)F)cc2sc(NC(=O)c3cc(Cl)cc(CN4CC(C)O[C@@H](C)C4)c3O)nc12. The lowest BCUT2D eigenvalue weighted by Crippen LogP contribution is -2.44. The second kappa shape index (κ2) is 22.4. The van der Waals surface area contributed by atoms with Crippen LogP contribution in [0.2, 0.25) is 5.02 Å². The second-order valence-corrected chi connectivity index (χ2v) is 14.1. The second-order valence-electron chi connectivity index (χ2n) is 12.6. The maximum Gasteiger partial charge on any atom is 0.416 e. The number of hydrogen-bond donors (Lipinski definition) is 2. The van der Waals surface area contributed by atoms with Crippen molar-refractivity contribution in [2.24, 2.45) is 5.92 Å². The van der Waals surface area contributed by atoms with Gasteiger partial charge in [0.05, 0.1) is 33.6 Å². The fraction of sp³-hybridized carbons (Fsp3) is 0.632. The third-order valence-electron chi connectivity index (χ3n) is 7.68. The molecule has 2 heterocycles. The molecule has 1 unspecified atom stereocenters. The van der Waals surface area contributed by atoms with E-state index in [9.17, 15) is 23.1 Å². The molecule has 11 heteroatoms. The van der Waals surface area contributed by atoms with Crippen LogP contribution in [0.25, 0.3) is 10.2 Å². The molecule has 0 spiro atoms. The molecule has 2 aromatic carbocycles. The highest BCUT2D eigenvalue weighted by atomic mass is 35.5. The number of aromatic hydroxyl groups is 1. The number of carbonyl (C=O) groups is 1. The van der Waals surface area contributed by atoms with Crippen LogP contribution in [0.1, 0.15) is 135 Å². The zero-order chi connectivity index (χ0) is 37.3. The van der Waals surface area contributed by atoms with Crippen molar-refractivity contribution in [2.75, 3.05) is 18.4 Å². The molecule has 4 rings (SSSR count). The number of anilines is 1. The number of aryl methyl sites for hydroxylation is 1. The van der Waals surface area contributed by atoms with Gasteiger partial charge in [-0.25, -0.2) is 4.98 Å². The van der Waals surface area contributed by atoms with Gasteiger partial charge in [0.1, 0.15) is 5.75 Å². The molecule has 2 atom stereocenters. The van der Waals surface area contributed by atoms with Crippen molar-refractivity contribution < 1.29 is 27.8 Å². The Balaban J connectivity index is 0.000000728. The number of thiazole rings is 1. The number of hydrogen-bond acceptors (Lipinski definition) is 6. The summed E-state index contributed by atoms with van der Waals surface area (Å²) in [5.74, 6) is 0.0538. The third kappa shape index (κ3) is 15.2. The average Bonchev–Trinajstić information content (AvgIpc) is 3.45. The van der Waals surface area contributed by atoms with E-state index in [1.54, 1.807) is 13.0 Å². The van der Waals surface area contributed by atoms with Gasteiger partial charge in [-0.05, 0) is 56.0 Å². The lowest BCUT2D eigenvalue weighted by molar-refractivity contribution is -0.137. The van der Waals surface area contributed by atoms with E-state index in [2.05, 4.69) is 49.8 Å². The summed E-state index contributed by atoms with van der Waals surface area (Å²) < 4.78 is 45.9. The highest BCUT2D eigenvalue weighted by molar-refractivity contribution is 7.22. The van der Waals surface area contributed by atoms with Gasteiger partial charge in [-0.1, -0.05) is 117 Å². The van der Waals surface area contributed by atoms with Crippen molar-refractivity contribution in [1.29, 1.82) is 0 Å². The summed E-state index contributed by atoms with van der Waals surface area (Å²) in [6.07, 6.45) is 4.19. The Morgan fingerprint density at radius 1 is 1.02 bits per heavy atom. The number of unbranched alkanes of at least 4 members (excludes halogenated alkanes) is 3. The van der Waals surface area contributed by atoms with Gasteiger partial charge < -0.3 is 9.84 Å². The van der Waals surface area contributed by atoms with E-state index in [-0.39, 0.29) is 33.7 Å². The summed E-state index contributed by atoms with van der Waals surface area (Å²) in [6, 6.07) is 5.08. The van der Waals surface area contributed by atoms with E-state index in [0.29, 0.717) is 47.4 Å². The molecule has 0 radical (unpaired) electrons. The number of nitrogens with zero attached hydrogens (tertiary/aromatic N) is 2. The lowest BCUT2D eigenvalue weighted by atomic mass is 10.1. The lowest BCUT2D eigenvalue weighted by Gasteiger charge is -2.35. The molecule has 1 aliphatic rings. The summed E-state index contributed by atoms with van der Waals surface area (Å²) >= 11 is 7.20. The maximum absolute atomic E-state index is 13.3. The third-order valence-corrected chi connectivity index (χ3v) is 8.81. The Bertz CT molecular complexity index is 1400. The number of benzene rings is 2. The summed E-state index contributed by atoms with van der Waals surface area (Å²) in [4.78, 5) is 19.5. The zero-order valence-electron chi connectivity index (χ0n) is 31.2. The molecular weight excluding hydrogens is 671 g/mol. The number of phenolic OH excluding ortho intramolecular Hbond substituents is 1. The fourth-order valence-electron chi connectivity index (χ4n) is 5.16. The molecule has 1 aliphatic heterocycles. The summed E-state index contributed by atoms with van der Waals surface area (Å²) in [5.41, 5.74) is 0.553. The molecule has 49 heavy (non-hydrogen) atoms. The van der Waals surface area contributed by atoms with Crippen LogP contribution in [0.4, 0.5) is 18.3 Å². The monoisotopic (exact) mass is 729 g/mol. The summed E-state index contributed by atoms with van der Waals surface area (Å²) in [6.45, 7) is 22.6. The number of fused-ring (bicyclic) bond motifs is 1. The number of rotatable bonds is 10. The molecule has 1 amide bonds. The molecule has 278 valence electrons. The van der Waals surface area contributed by atoms with Gasteiger partial charge in [0.15, 0.2) is 5.13 Å². The van der Waals surface area contributed by atoms with Crippen LogP contribution in [0.15, 0.2) is 24.3 Å². The molecule has 1 aromatic heterocycles. The maximum atomic E-state index is 13.3. The predicted molar refractivity (Wildman–Crippen MR) is 201 cm³/mol. The highest BCUT2D eigenvalue weighted by Gasteiger charge is 2.32. The van der Waals surface area contributed by atoms with Gasteiger partial charge in [0.25, 0.3) is 5.91 Å². The molecular formula is C38H59ClF3N3O3S. The molecule has 3 aromatic rings. The Hall–Kier alpha value is -2.40. The summed E-state index contributed by atoms with van der Waals surface area (Å²) in [7, 11) is 0. The minimum atomic E-state index is -4.48. The van der Waals surface area contributed by atoms with Crippen molar-refractivity contribution >= 4 is 44.2 Å². The number of alkyl halides is 3. The first kappa shape index (κ1) is 44.6. The fourth-order valence-corrected chi connectivity index (χ4v) is 6.35. The molecule has 6 nitrogen and oxygen atoms in total. The van der Waals surface area contributed by atoms with Crippen LogP contribution in [0.5, 0.6) is 5.75 Å². The summed E-state index contributed by atoms with van der Waals surface area (Å²) in [5, 5.41) is 13.9. The number of carbonyl (C=O) groups excluding carboxylic acids is 1. The number of nitrogens with one attached hydrogen (secondary N) is 1. The standard InChI is InChI=1S/C24H25ClF3N3O3S.C8H18.C4H10.C2H6/c1-4-14-5-16(24(26,27)28)7-19-20(14)29-23(35-19)30-22(33)18-8-17(25)6-15(21(18)32)11-31-9-12(2)34-13(3)10-31;1-4-5-6-7-8(2)3;1-3-4-2;1-2/h5-8,12-13,32H,4,9-11H2,1-3H3,(H,29,30,33);8H,4-7H2,1-3H3;3-4H2,1-2H3;1-2H3/t12-,13?;;;/m0.../s1. The number of phenols is 1. The molecule has 2 N–H and O–H groups in total. The Morgan fingerprint density at radius 2 is 1.63 bits per heavy atom. The van der Waals surface area contributed by atoms with Gasteiger partial charge in [-0.2, -0.15) is 13.2 Å². The van der Waals surface area contributed by atoms with E-state index < -0.39 is 17.6 Å². The first-order valence-electron chi connectivity index (χ1n) is 17.8. The van der Waals surface area contributed by atoms with Gasteiger partial charge in [0, 0.05) is 30.2 Å². The van der Waals surface area contributed by atoms with Crippen molar-refractivity contribution in [2.45, 2.75) is 139 Å². The zero-order valence-corrected chi connectivity index (χ0v) is 32.8. The first-order chi connectivity index (χ1) is 23.1. The van der Waals surface area contributed by atoms with Crippen LogP contribution in [-0.2, 0) is 23.9 Å². The molecule has 0 bridgehead atoms. The van der Waals surface area contributed by atoms with Crippen LogP contribution in [-0.4, -0.2) is 46.2 Å². The van der Waals surface area contributed by atoms with Crippen LogP contribution in [0.3, 0.4) is 0 Å². The smallest absolute Gasteiger partial charge is 0.416 e. The van der Waals surface area contributed by atoms with E-state index in [0.717, 1.165) is 29.4 Å².